The summed E-state index contributed by atoms with van der Waals surface area (Å²) in [5.41, 5.74) is 2.63. The fourth-order valence-corrected chi connectivity index (χ4v) is 4.09. The lowest BCUT2D eigenvalue weighted by molar-refractivity contribution is 0.485. The summed E-state index contributed by atoms with van der Waals surface area (Å²) in [4.78, 5) is 11.6. The Hall–Kier alpha value is -1.88. The van der Waals surface area contributed by atoms with Gasteiger partial charge in [-0.15, -0.1) is 11.3 Å². The molecule has 2 aromatic rings. The number of hydrogen-bond donors (Lipinski definition) is 1. The summed E-state index contributed by atoms with van der Waals surface area (Å²) in [6.45, 7) is 9.41. The van der Waals surface area contributed by atoms with Crippen molar-refractivity contribution in [2.75, 3.05) is 20.1 Å². The van der Waals surface area contributed by atoms with Crippen LogP contribution in [0.2, 0.25) is 0 Å². The zero-order valence-corrected chi connectivity index (χ0v) is 16.4. The van der Waals surface area contributed by atoms with Crippen LogP contribution >= 0.6 is 11.3 Å². The molecule has 1 saturated heterocycles. The van der Waals surface area contributed by atoms with Gasteiger partial charge in [0.15, 0.2) is 5.96 Å². The van der Waals surface area contributed by atoms with Crippen LogP contribution in [0.25, 0.3) is 0 Å². The zero-order valence-electron chi connectivity index (χ0n) is 15.6. The number of rotatable bonds is 3. The molecule has 1 aromatic heterocycles. The third kappa shape index (κ3) is 4.40. The van der Waals surface area contributed by atoms with E-state index in [-0.39, 0.29) is 5.41 Å². The van der Waals surface area contributed by atoms with Crippen molar-refractivity contribution in [2.45, 2.75) is 45.1 Å². The van der Waals surface area contributed by atoms with E-state index in [0.29, 0.717) is 5.92 Å². The van der Waals surface area contributed by atoms with Gasteiger partial charge in [-0.1, -0.05) is 51.1 Å². The van der Waals surface area contributed by atoms with Crippen LogP contribution in [0.1, 0.15) is 49.4 Å². The number of likely N-dealkylation sites (tertiary alicyclic amines) is 1. The number of aliphatic imine (C=N–C) groups is 1. The van der Waals surface area contributed by atoms with E-state index in [1.165, 1.54) is 17.0 Å². The maximum atomic E-state index is 4.76. The number of guanidine groups is 1. The predicted octanol–water partition coefficient (Wildman–Crippen LogP) is 4.01. The summed E-state index contributed by atoms with van der Waals surface area (Å²) in [5, 5.41) is 6.82. The molecule has 25 heavy (non-hydrogen) atoms. The van der Waals surface area contributed by atoms with E-state index in [2.05, 4.69) is 71.7 Å². The van der Waals surface area contributed by atoms with Crippen LogP contribution in [0.3, 0.4) is 0 Å². The third-order valence-electron chi connectivity index (χ3n) is 4.59. The van der Waals surface area contributed by atoms with E-state index < -0.39 is 0 Å². The van der Waals surface area contributed by atoms with Crippen LogP contribution in [-0.4, -0.2) is 36.0 Å². The second-order valence-electron chi connectivity index (χ2n) is 7.64. The van der Waals surface area contributed by atoms with E-state index in [4.69, 9.17) is 4.98 Å². The molecule has 1 unspecified atom stereocenters. The summed E-state index contributed by atoms with van der Waals surface area (Å²) < 4.78 is 0. The van der Waals surface area contributed by atoms with Crippen molar-refractivity contribution in [1.82, 2.24) is 15.2 Å². The van der Waals surface area contributed by atoms with Crippen LogP contribution in [0.4, 0.5) is 0 Å². The molecule has 3 rings (SSSR count). The monoisotopic (exact) mass is 356 g/mol. The van der Waals surface area contributed by atoms with Gasteiger partial charge in [0.2, 0.25) is 0 Å². The Balaban J connectivity index is 1.58. The number of benzene rings is 1. The van der Waals surface area contributed by atoms with Gasteiger partial charge in [-0.25, -0.2) is 4.98 Å². The number of thiazole rings is 1. The Morgan fingerprint density at radius 3 is 2.72 bits per heavy atom. The normalized spacial score (nSPS) is 18.6. The average Bonchev–Trinajstić information content (AvgIpc) is 3.25. The molecule has 0 bridgehead atoms. The molecule has 4 nitrogen and oxygen atoms in total. The van der Waals surface area contributed by atoms with Crippen LogP contribution < -0.4 is 5.32 Å². The Morgan fingerprint density at radius 1 is 1.32 bits per heavy atom. The first-order valence-electron chi connectivity index (χ1n) is 8.93. The van der Waals surface area contributed by atoms with E-state index >= 15 is 0 Å². The van der Waals surface area contributed by atoms with Gasteiger partial charge >= 0.3 is 0 Å². The first kappa shape index (κ1) is 17.9. The zero-order chi connectivity index (χ0) is 17.9. The fourth-order valence-electron chi connectivity index (χ4n) is 3.18. The van der Waals surface area contributed by atoms with Gasteiger partial charge in [0.1, 0.15) is 0 Å². The van der Waals surface area contributed by atoms with Crippen molar-refractivity contribution in [3.05, 3.63) is 52.0 Å². The Morgan fingerprint density at radius 2 is 2.08 bits per heavy atom. The highest BCUT2D eigenvalue weighted by Crippen LogP contribution is 2.27. The molecule has 1 atom stereocenters. The Labute approximate surface area is 155 Å². The lowest BCUT2D eigenvalue weighted by atomic mass is 9.98. The molecule has 2 heterocycles. The van der Waals surface area contributed by atoms with E-state index in [1.807, 2.05) is 7.05 Å². The summed E-state index contributed by atoms with van der Waals surface area (Å²) in [7, 11) is 1.86. The first-order valence-corrected chi connectivity index (χ1v) is 9.81. The minimum absolute atomic E-state index is 0.114. The maximum Gasteiger partial charge on any atom is 0.193 e. The molecule has 1 N–H and O–H groups in total. The van der Waals surface area contributed by atoms with Crippen LogP contribution in [0, 0.1) is 0 Å². The number of nitrogens with one attached hydrogen (secondary N) is 1. The summed E-state index contributed by atoms with van der Waals surface area (Å²) >= 11 is 1.74. The van der Waals surface area contributed by atoms with Gasteiger partial charge in [0.05, 0.1) is 17.2 Å². The number of hydrogen-bond acceptors (Lipinski definition) is 3. The molecule has 1 fully saturated rings. The second kappa shape index (κ2) is 7.56. The molecular formula is C20H28N4S. The molecule has 134 valence electrons. The van der Waals surface area contributed by atoms with Crippen molar-refractivity contribution < 1.29 is 0 Å². The van der Waals surface area contributed by atoms with E-state index in [9.17, 15) is 0 Å². The van der Waals surface area contributed by atoms with Crippen LogP contribution in [-0.2, 0) is 12.0 Å². The van der Waals surface area contributed by atoms with Crippen molar-refractivity contribution in [2.24, 2.45) is 4.99 Å². The Kier molecular flexibility index (Phi) is 5.42. The van der Waals surface area contributed by atoms with Crippen molar-refractivity contribution in [3.63, 3.8) is 0 Å². The van der Waals surface area contributed by atoms with Gasteiger partial charge in [-0.2, -0.15) is 0 Å². The minimum Gasteiger partial charge on any atom is -0.351 e. The standard InChI is InChI=1S/C20H28N4S/c1-20(2,3)18-23-17(14-25-18)12-22-19(21-4)24-11-10-16(13-24)15-8-6-5-7-9-15/h5-9,14,16H,10-13H2,1-4H3,(H,21,22). The molecule has 1 aliphatic heterocycles. The maximum absolute atomic E-state index is 4.76. The molecule has 0 aliphatic carbocycles. The predicted molar refractivity (Wildman–Crippen MR) is 106 cm³/mol. The molecule has 0 radical (unpaired) electrons. The third-order valence-corrected chi connectivity index (χ3v) is 5.91. The minimum atomic E-state index is 0.114. The number of nitrogens with zero attached hydrogens (tertiary/aromatic N) is 3. The molecule has 0 amide bonds. The van der Waals surface area contributed by atoms with Crippen molar-refractivity contribution in [3.8, 4) is 0 Å². The molecule has 0 spiro atoms. The average molecular weight is 357 g/mol. The van der Waals surface area contributed by atoms with Crippen molar-refractivity contribution in [1.29, 1.82) is 0 Å². The summed E-state index contributed by atoms with van der Waals surface area (Å²) in [5.74, 6) is 1.57. The quantitative estimate of drug-likeness (QED) is 0.667. The highest BCUT2D eigenvalue weighted by molar-refractivity contribution is 7.09. The topological polar surface area (TPSA) is 40.5 Å². The highest BCUT2D eigenvalue weighted by Gasteiger charge is 2.26. The van der Waals surface area contributed by atoms with Gasteiger partial charge in [-0.3, -0.25) is 4.99 Å². The lowest BCUT2D eigenvalue weighted by Gasteiger charge is -2.21. The largest absolute Gasteiger partial charge is 0.351 e. The lowest BCUT2D eigenvalue weighted by Crippen LogP contribution is -2.39. The number of aromatic nitrogens is 1. The van der Waals surface area contributed by atoms with Crippen LogP contribution in [0.5, 0.6) is 0 Å². The molecule has 1 aromatic carbocycles. The molecular weight excluding hydrogens is 328 g/mol. The molecule has 0 saturated carbocycles. The van der Waals surface area contributed by atoms with Crippen molar-refractivity contribution >= 4 is 17.3 Å². The Bertz CT molecular complexity index is 715. The van der Waals surface area contributed by atoms with Gasteiger partial charge in [0, 0.05) is 36.9 Å². The van der Waals surface area contributed by atoms with E-state index in [1.54, 1.807) is 11.3 Å². The highest BCUT2D eigenvalue weighted by atomic mass is 32.1. The summed E-state index contributed by atoms with van der Waals surface area (Å²) in [6.07, 6.45) is 1.18. The fraction of sp³-hybridized carbons (Fsp3) is 0.500. The SMILES string of the molecule is CN=C(NCc1csc(C(C)(C)C)n1)N1CCC(c2ccccc2)C1. The summed E-state index contributed by atoms with van der Waals surface area (Å²) in [6, 6.07) is 10.8. The molecule has 5 heteroatoms. The second-order valence-corrected chi connectivity index (χ2v) is 8.50. The van der Waals surface area contributed by atoms with Gasteiger partial charge < -0.3 is 10.2 Å². The smallest absolute Gasteiger partial charge is 0.193 e. The van der Waals surface area contributed by atoms with E-state index in [0.717, 1.165) is 31.3 Å². The first-order chi connectivity index (χ1) is 12.0. The van der Waals surface area contributed by atoms with Crippen LogP contribution in [0.15, 0.2) is 40.7 Å². The van der Waals surface area contributed by atoms with Gasteiger partial charge in [-0.05, 0) is 12.0 Å². The van der Waals surface area contributed by atoms with Gasteiger partial charge in [0.25, 0.3) is 0 Å². The molecule has 1 aliphatic rings.